The second-order valence-corrected chi connectivity index (χ2v) is 8.34. The maximum atomic E-state index is 12.6. The van der Waals surface area contributed by atoms with Crippen molar-refractivity contribution in [3.05, 3.63) is 48.5 Å². The summed E-state index contributed by atoms with van der Waals surface area (Å²) in [6.07, 6.45) is 1.07. The predicted molar refractivity (Wildman–Crippen MR) is 116 cm³/mol. The smallest absolute Gasteiger partial charge is 0.243 e. The summed E-state index contributed by atoms with van der Waals surface area (Å²) < 4.78 is 41.9. The molecule has 1 atom stereocenters. The normalized spacial score (nSPS) is 12.0. The first-order valence-electron chi connectivity index (χ1n) is 9.53. The molecule has 0 aliphatic heterocycles. The minimum absolute atomic E-state index is 0.223. The highest BCUT2D eigenvalue weighted by molar-refractivity contribution is 7.92. The van der Waals surface area contributed by atoms with Crippen molar-refractivity contribution in [3.8, 4) is 17.2 Å². The van der Waals surface area contributed by atoms with Crippen LogP contribution in [0.15, 0.2) is 48.5 Å². The summed E-state index contributed by atoms with van der Waals surface area (Å²) in [6, 6.07) is 12.8. The number of anilines is 1. The zero-order chi connectivity index (χ0) is 22.1. The molecule has 0 aromatic heterocycles. The van der Waals surface area contributed by atoms with Crippen molar-refractivity contribution in [2.24, 2.45) is 0 Å². The summed E-state index contributed by atoms with van der Waals surface area (Å²) in [5, 5.41) is 2.71. The van der Waals surface area contributed by atoms with Crippen LogP contribution in [0.3, 0.4) is 0 Å². The number of hydrogen-bond donors (Lipinski definition) is 1. The zero-order valence-electron chi connectivity index (χ0n) is 17.6. The van der Waals surface area contributed by atoms with Gasteiger partial charge in [0.25, 0.3) is 0 Å². The van der Waals surface area contributed by atoms with Gasteiger partial charge in [0.05, 0.1) is 32.2 Å². The number of sulfonamides is 1. The highest BCUT2D eigenvalue weighted by atomic mass is 32.2. The predicted octanol–water partition coefficient (Wildman–Crippen LogP) is 2.44. The van der Waals surface area contributed by atoms with Gasteiger partial charge in [0.15, 0.2) is 0 Å². The molecule has 1 N–H and O–H groups in total. The molecule has 0 aliphatic carbocycles. The Morgan fingerprint density at radius 3 is 2.33 bits per heavy atom. The van der Waals surface area contributed by atoms with Crippen LogP contribution in [0.4, 0.5) is 5.69 Å². The Morgan fingerprint density at radius 1 is 1.07 bits per heavy atom. The van der Waals surface area contributed by atoms with Crippen molar-refractivity contribution >= 4 is 21.6 Å². The van der Waals surface area contributed by atoms with Gasteiger partial charge in [-0.2, -0.15) is 0 Å². The number of nitrogens with zero attached hydrogens (tertiary/aromatic N) is 1. The van der Waals surface area contributed by atoms with E-state index in [0.717, 1.165) is 10.6 Å². The lowest BCUT2D eigenvalue weighted by atomic mass is 10.2. The van der Waals surface area contributed by atoms with Crippen LogP contribution >= 0.6 is 0 Å². The topological polar surface area (TPSA) is 94.2 Å². The maximum Gasteiger partial charge on any atom is 0.243 e. The number of methoxy groups -OCH3 is 1. The fraction of sp³-hybridized carbons (Fsp3) is 0.381. The quantitative estimate of drug-likeness (QED) is 0.544. The lowest BCUT2D eigenvalue weighted by Gasteiger charge is -2.28. The zero-order valence-corrected chi connectivity index (χ0v) is 18.4. The number of benzene rings is 2. The molecular weight excluding hydrogens is 408 g/mol. The van der Waals surface area contributed by atoms with Gasteiger partial charge in [0, 0.05) is 6.07 Å². The van der Waals surface area contributed by atoms with E-state index in [-0.39, 0.29) is 13.2 Å². The van der Waals surface area contributed by atoms with E-state index < -0.39 is 22.0 Å². The second kappa shape index (κ2) is 10.7. The van der Waals surface area contributed by atoms with E-state index in [1.807, 2.05) is 6.92 Å². The van der Waals surface area contributed by atoms with Crippen molar-refractivity contribution < 1.29 is 27.4 Å². The molecule has 0 fully saturated rings. The molecule has 1 amide bonds. The van der Waals surface area contributed by atoms with Crippen LogP contribution in [0.2, 0.25) is 0 Å². The third-order valence-corrected chi connectivity index (χ3v) is 5.44. The van der Waals surface area contributed by atoms with Gasteiger partial charge in [-0.15, -0.1) is 0 Å². The van der Waals surface area contributed by atoms with Gasteiger partial charge in [-0.05, 0) is 50.2 Å². The molecule has 0 unspecified atom stereocenters. The molecule has 2 aromatic rings. The molecule has 0 aliphatic rings. The van der Waals surface area contributed by atoms with Crippen molar-refractivity contribution in [2.45, 2.75) is 19.9 Å². The van der Waals surface area contributed by atoms with Crippen LogP contribution in [0.1, 0.15) is 13.8 Å². The molecule has 30 heavy (non-hydrogen) atoms. The van der Waals surface area contributed by atoms with E-state index in [4.69, 9.17) is 14.2 Å². The van der Waals surface area contributed by atoms with Gasteiger partial charge in [-0.25, -0.2) is 8.42 Å². The number of carbonyl (C=O) groups is 1. The lowest BCUT2D eigenvalue weighted by Crippen LogP contribution is -2.48. The number of nitrogens with one attached hydrogen (secondary N) is 1. The molecule has 0 spiro atoms. The van der Waals surface area contributed by atoms with Gasteiger partial charge < -0.3 is 19.5 Å². The monoisotopic (exact) mass is 436 g/mol. The van der Waals surface area contributed by atoms with Crippen LogP contribution in [-0.4, -0.2) is 53.5 Å². The lowest BCUT2D eigenvalue weighted by molar-refractivity contribution is -0.121. The Balaban J connectivity index is 1.98. The van der Waals surface area contributed by atoms with Gasteiger partial charge in [-0.1, -0.05) is 6.07 Å². The van der Waals surface area contributed by atoms with Crippen LogP contribution in [-0.2, 0) is 14.8 Å². The Kier molecular flexibility index (Phi) is 8.35. The Labute approximate surface area is 177 Å². The fourth-order valence-electron chi connectivity index (χ4n) is 2.85. The average molecular weight is 437 g/mol. The number of amides is 1. The van der Waals surface area contributed by atoms with Crippen LogP contribution in [0, 0.1) is 0 Å². The molecule has 8 nitrogen and oxygen atoms in total. The van der Waals surface area contributed by atoms with E-state index in [9.17, 15) is 13.2 Å². The first-order valence-corrected chi connectivity index (χ1v) is 11.4. The minimum Gasteiger partial charge on any atom is -0.497 e. The first-order chi connectivity index (χ1) is 14.3. The van der Waals surface area contributed by atoms with Crippen molar-refractivity contribution in [1.29, 1.82) is 0 Å². The number of hydrogen-bond acceptors (Lipinski definition) is 6. The van der Waals surface area contributed by atoms with E-state index >= 15 is 0 Å². The molecule has 9 heteroatoms. The summed E-state index contributed by atoms with van der Waals surface area (Å²) in [5.41, 5.74) is 0.385. The molecule has 0 bridgehead atoms. The molecule has 2 rings (SSSR count). The highest BCUT2D eigenvalue weighted by Gasteiger charge is 2.28. The fourth-order valence-corrected chi connectivity index (χ4v) is 4.02. The molecule has 164 valence electrons. The highest BCUT2D eigenvalue weighted by Crippen LogP contribution is 2.24. The number of ether oxygens (including phenoxy) is 3. The Bertz CT molecular complexity index is 931. The van der Waals surface area contributed by atoms with Crippen LogP contribution < -0.4 is 23.8 Å². The third-order valence-electron chi connectivity index (χ3n) is 4.20. The second-order valence-electron chi connectivity index (χ2n) is 6.48. The summed E-state index contributed by atoms with van der Waals surface area (Å²) in [4.78, 5) is 12.6. The SMILES string of the molecule is CCOc1ccc(N([C@H](C)C(=O)NCCOc2cccc(OC)c2)S(C)(=O)=O)cc1. The van der Waals surface area contributed by atoms with Gasteiger partial charge in [-0.3, -0.25) is 9.10 Å². The van der Waals surface area contributed by atoms with Gasteiger partial charge in [0.2, 0.25) is 15.9 Å². The largest absolute Gasteiger partial charge is 0.497 e. The third kappa shape index (κ3) is 6.55. The standard InChI is InChI=1S/C21H28N2O6S/c1-5-28-18-11-9-17(10-12-18)23(30(4,25)26)16(2)21(24)22-13-14-29-20-8-6-7-19(15-20)27-3/h6-12,15-16H,5,13-14H2,1-4H3,(H,22,24)/t16-/m1/s1. The minimum atomic E-state index is -3.68. The van der Waals surface area contributed by atoms with E-state index in [0.29, 0.717) is 29.5 Å². The molecule has 0 saturated heterocycles. The summed E-state index contributed by atoms with van der Waals surface area (Å²) >= 11 is 0. The Morgan fingerprint density at radius 2 is 1.73 bits per heavy atom. The van der Waals surface area contributed by atoms with Crippen LogP contribution in [0.5, 0.6) is 17.2 Å². The van der Waals surface area contributed by atoms with E-state index in [1.54, 1.807) is 55.6 Å². The Hall–Kier alpha value is -2.94. The molecule has 0 heterocycles. The maximum absolute atomic E-state index is 12.6. The molecule has 2 aromatic carbocycles. The summed E-state index contributed by atoms with van der Waals surface area (Å²) in [5.74, 6) is 1.48. The molecular formula is C21H28N2O6S. The summed E-state index contributed by atoms with van der Waals surface area (Å²) in [6.45, 7) is 4.36. The van der Waals surface area contributed by atoms with Crippen molar-refractivity contribution in [1.82, 2.24) is 5.32 Å². The van der Waals surface area contributed by atoms with Crippen LogP contribution in [0.25, 0.3) is 0 Å². The first kappa shape index (κ1) is 23.3. The van der Waals surface area contributed by atoms with Crippen molar-refractivity contribution in [2.75, 3.05) is 37.4 Å². The van der Waals surface area contributed by atoms with Gasteiger partial charge in [0.1, 0.15) is 29.9 Å². The van der Waals surface area contributed by atoms with Crippen molar-refractivity contribution in [3.63, 3.8) is 0 Å². The molecule has 0 radical (unpaired) electrons. The van der Waals surface area contributed by atoms with E-state index in [1.165, 1.54) is 6.92 Å². The van der Waals surface area contributed by atoms with Gasteiger partial charge >= 0.3 is 0 Å². The summed E-state index contributed by atoms with van der Waals surface area (Å²) in [7, 11) is -2.11. The van der Waals surface area contributed by atoms with E-state index in [2.05, 4.69) is 5.32 Å². The average Bonchev–Trinajstić information content (AvgIpc) is 2.71. The number of carbonyl (C=O) groups excluding carboxylic acids is 1. The molecule has 0 saturated carbocycles. The number of rotatable bonds is 11.